The Morgan fingerprint density at radius 3 is 2.31 bits per heavy atom. The molecule has 0 bridgehead atoms. The molecule has 0 radical (unpaired) electrons. The van der Waals surface area contributed by atoms with Crippen molar-refractivity contribution >= 4 is 5.71 Å². The fourth-order valence-electron chi connectivity index (χ4n) is 3.46. The van der Waals surface area contributed by atoms with Crippen molar-refractivity contribution in [1.29, 1.82) is 0 Å². The highest BCUT2D eigenvalue weighted by Crippen LogP contribution is 2.28. The van der Waals surface area contributed by atoms with E-state index in [-0.39, 0.29) is 0 Å². The van der Waals surface area contributed by atoms with Gasteiger partial charge in [-0.05, 0) is 36.0 Å². The predicted octanol–water partition coefficient (Wildman–Crippen LogP) is 4.74. The van der Waals surface area contributed by atoms with E-state index >= 15 is 0 Å². The molecule has 1 atom stereocenters. The topological polar surface area (TPSA) is 47.4 Å². The highest BCUT2D eigenvalue weighted by atomic mass is 16.6. The Labute approximate surface area is 153 Å². The molecule has 130 valence electrons. The molecule has 0 aliphatic heterocycles. The minimum atomic E-state index is 0.502. The lowest BCUT2D eigenvalue weighted by Gasteiger charge is -2.21. The number of hydrogen-bond acceptors (Lipinski definition) is 4. The summed E-state index contributed by atoms with van der Waals surface area (Å²) in [6, 6.07) is 20.9. The van der Waals surface area contributed by atoms with Crippen LogP contribution in [-0.2, 0) is 11.3 Å². The van der Waals surface area contributed by atoms with E-state index in [1.165, 1.54) is 11.1 Å². The SMILES string of the molecule is CO/N=C1/CC(C)Cc2nnc(-c3ccc(-c4ccccc4)cc3)cc21. The van der Waals surface area contributed by atoms with Gasteiger partial charge in [-0.2, -0.15) is 10.2 Å². The largest absolute Gasteiger partial charge is 0.399 e. The maximum Gasteiger partial charge on any atom is 0.106 e. The van der Waals surface area contributed by atoms with Gasteiger partial charge in [-0.25, -0.2) is 0 Å². The monoisotopic (exact) mass is 343 g/mol. The predicted molar refractivity (Wildman–Crippen MR) is 104 cm³/mol. The quantitative estimate of drug-likeness (QED) is 0.645. The van der Waals surface area contributed by atoms with Crippen LogP contribution < -0.4 is 0 Å². The number of aromatic nitrogens is 2. The molecule has 2 aromatic carbocycles. The Morgan fingerprint density at radius 1 is 0.885 bits per heavy atom. The first-order valence-corrected chi connectivity index (χ1v) is 8.87. The van der Waals surface area contributed by atoms with E-state index in [0.29, 0.717) is 5.92 Å². The van der Waals surface area contributed by atoms with Crippen LogP contribution in [0.25, 0.3) is 22.4 Å². The van der Waals surface area contributed by atoms with Gasteiger partial charge in [0.2, 0.25) is 0 Å². The lowest BCUT2D eigenvalue weighted by atomic mass is 9.86. The molecule has 0 saturated heterocycles. The van der Waals surface area contributed by atoms with Gasteiger partial charge in [-0.1, -0.05) is 66.7 Å². The van der Waals surface area contributed by atoms with E-state index in [2.05, 4.69) is 76.9 Å². The molecule has 1 heterocycles. The average molecular weight is 343 g/mol. The standard InChI is InChI=1S/C22H21N3O/c1-15-12-21-19(22(13-15)25-26-2)14-20(23-24-21)18-10-8-17(9-11-18)16-6-4-3-5-7-16/h3-11,14-15H,12-13H2,1-2H3/b25-22-. The number of fused-ring (bicyclic) bond motifs is 1. The Balaban J connectivity index is 1.69. The molecule has 26 heavy (non-hydrogen) atoms. The van der Waals surface area contributed by atoms with Gasteiger partial charge in [0.1, 0.15) is 7.11 Å². The molecule has 4 heteroatoms. The number of rotatable bonds is 3. The fourth-order valence-corrected chi connectivity index (χ4v) is 3.46. The third-order valence-electron chi connectivity index (χ3n) is 4.75. The zero-order valence-corrected chi connectivity index (χ0v) is 15.0. The van der Waals surface area contributed by atoms with Gasteiger partial charge in [0.15, 0.2) is 0 Å². The van der Waals surface area contributed by atoms with E-state index in [1.54, 1.807) is 7.11 Å². The smallest absolute Gasteiger partial charge is 0.106 e. The van der Waals surface area contributed by atoms with E-state index in [4.69, 9.17) is 4.84 Å². The van der Waals surface area contributed by atoms with Crippen molar-refractivity contribution < 1.29 is 4.84 Å². The Kier molecular flexibility index (Phi) is 4.48. The second kappa shape index (κ2) is 7.08. The van der Waals surface area contributed by atoms with Crippen LogP contribution in [0.15, 0.2) is 65.8 Å². The normalized spacial score (nSPS) is 17.8. The average Bonchev–Trinajstić information content (AvgIpc) is 2.69. The highest BCUT2D eigenvalue weighted by Gasteiger charge is 2.24. The third-order valence-corrected chi connectivity index (χ3v) is 4.75. The Morgan fingerprint density at radius 2 is 1.58 bits per heavy atom. The first-order valence-electron chi connectivity index (χ1n) is 8.87. The summed E-state index contributed by atoms with van der Waals surface area (Å²) >= 11 is 0. The molecule has 3 aromatic rings. The second-order valence-corrected chi connectivity index (χ2v) is 6.77. The maximum absolute atomic E-state index is 5.04. The van der Waals surface area contributed by atoms with Crippen LogP contribution in [0.4, 0.5) is 0 Å². The van der Waals surface area contributed by atoms with Crippen molar-refractivity contribution in [1.82, 2.24) is 10.2 Å². The van der Waals surface area contributed by atoms with Gasteiger partial charge in [0.25, 0.3) is 0 Å². The molecular weight excluding hydrogens is 322 g/mol. The van der Waals surface area contributed by atoms with Gasteiger partial charge in [0, 0.05) is 11.1 Å². The first-order chi connectivity index (χ1) is 12.7. The number of nitrogens with zero attached hydrogens (tertiary/aromatic N) is 3. The molecule has 1 aliphatic carbocycles. The van der Waals surface area contributed by atoms with Gasteiger partial charge >= 0.3 is 0 Å². The summed E-state index contributed by atoms with van der Waals surface area (Å²) in [5, 5.41) is 13.1. The van der Waals surface area contributed by atoms with Crippen LogP contribution in [0.1, 0.15) is 24.6 Å². The van der Waals surface area contributed by atoms with Crippen molar-refractivity contribution in [3.63, 3.8) is 0 Å². The van der Waals surface area contributed by atoms with Crippen LogP contribution in [0, 0.1) is 5.92 Å². The summed E-state index contributed by atoms with van der Waals surface area (Å²) in [6.45, 7) is 2.20. The van der Waals surface area contributed by atoms with Crippen molar-refractivity contribution in [2.24, 2.45) is 11.1 Å². The summed E-state index contributed by atoms with van der Waals surface area (Å²) in [4.78, 5) is 5.04. The molecule has 1 unspecified atom stereocenters. The Bertz CT molecular complexity index is 933. The van der Waals surface area contributed by atoms with Crippen LogP contribution in [0.2, 0.25) is 0 Å². The molecule has 0 amide bonds. The maximum atomic E-state index is 5.04. The number of benzene rings is 2. The minimum Gasteiger partial charge on any atom is -0.399 e. The summed E-state index contributed by atoms with van der Waals surface area (Å²) in [5.41, 5.74) is 7.33. The van der Waals surface area contributed by atoms with Gasteiger partial charge in [-0.3, -0.25) is 0 Å². The molecular formula is C22H21N3O. The van der Waals surface area contributed by atoms with E-state index in [0.717, 1.165) is 41.1 Å². The van der Waals surface area contributed by atoms with Crippen molar-refractivity contribution in [2.45, 2.75) is 19.8 Å². The van der Waals surface area contributed by atoms with Crippen LogP contribution in [0.3, 0.4) is 0 Å². The number of hydrogen-bond donors (Lipinski definition) is 0. The summed E-state index contributed by atoms with van der Waals surface area (Å²) in [5.74, 6) is 0.502. The molecule has 4 rings (SSSR count). The fraction of sp³-hybridized carbons (Fsp3) is 0.227. The van der Waals surface area contributed by atoms with Crippen LogP contribution >= 0.6 is 0 Å². The third kappa shape index (κ3) is 3.23. The molecule has 4 nitrogen and oxygen atoms in total. The molecule has 1 aliphatic rings. The van der Waals surface area contributed by atoms with Crippen molar-refractivity contribution in [3.8, 4) is 22.4 Å². The van der Waals surface area contributed by atoms with Gasteiger partial charge < -0.3 is 4.84 Å². The van der Waals surface area contributed by atoms with Crippen molar-refractivity contribution in [3.05, 3.63) is 71.9 Å². The molecule has 1 aromatic heterocycles. The minimum absolute atomic E-state index is 0.502. The van der Waals surface area contributed by atoms with E-state index < -0.39 is 0 Å². The lowest BCUT2D eigenvalue weighted by Crippen LogP contribution is -2.21. The van der Waals surface area contributed by atoms with Crippen molar-refractivity contribution in [2.75, 3.05) is 7.11 Å². The number of oxime groups is 1. The van der Waals surface area contributed by atoms with E-state index in [1.807, 2.05) is 6.07 Å². The zero-order valence-electron chi connectivity index (χ0n) is 15.0. The van der Waals surface area contributed by atoms with Gasteiger partial charge in [0.05, 0.1) is 17.1 Å². The van der Waals surface area contributed by atoms with Crippen LogP contribution in [-0.4, -0.2) is 23.0 Å². The van der Waals surface area contributed by atoms with Gasteiger partial charge in [-0.15, -0.1) is 0 Å². The second-order valence-electron chi connectivity index (χ2n) is 6.77. The summed E-state index contributed by atoms with van der Waals surface area (Å²) < 4.78 is 0. The Hall–Kier alpha value is -3.01. The summed E-state index contributed by atoms with van der Waals surface area (Å²) in [6.07, 6.45) is 1.83. The molecule has 0 saturated carbocycles. The zero-order chi connectivity index (χ0) is 17.9. The molecule has 0 fully saturated rings. The molecule has 0 N–H and O–H groups in total. The first kappa shape index (κ1) is 16.5. The van der Waals surface area contributed by atoms with E-state index in [9.17, 15) is 0 Å². The van der Waals surface area contributed by atoms with Crippen LogP contribution in [0.5, 0.6) is 0 Å². The highest BCUT2D eigenvalue weighted by molar-refractivity contribution is 6.02. The summed E-state index contributed by atoms with van der Waals surface area (Å²) in [7, 11) is 1.59. The molecule has 0 spiro atoms. The lowest BCUT2D eigenvalue weighted by molar-refractivity contribution is 0.212.